The Bertz CT molecular complexity index is 705. The summed E-state index contributed by atoms with van der Waals surface area (Å²) in [5.74, 6) is 0.741. The van der Waals surface area contributed by atoms with E-state index >= 15 is 0 Å². The number of nitrogens with one attached hydrogen (secondary N) is 1. The third-order valence-electron chi connectivity index (χ3n) is 4.77. The van der Waals surface area contributed by atoms with Crippen molar-refractivity contribution in [3.63, 3.8) is 0 Å². The highest BCUT2D eigenvalue weighted by atomic mass is 16.5. The van der Waals surface area contributed by atoms with Gasteiger partial charge in [-0.05, 0) is 44.4 Å². The zero-order chi connectivity index (χ0) is 17.6. The molecule has 0 unspecified atom stereocenters. The van der Waals surface area contributed by atoms with Crippen molar-refractivity contribution in [1.29, 1.82) is 0 Å². The number of nitrogens with zero attached hydrogens (tertiary/aromatic N) is 2. The Morgan fingerprint density at radius 1 is 1.24 bits per heavy atom. The lowest BCUT2D eigenvalue weighted by atomic mass is 10.0. The first-order chi connectivity index (χ1) is 12.2. The summed E-state index contributed by atoms with van der Waals surface area (Å²) in [6.07, 6.45) is 5.03. The van der Waals surface area contributed by atoms with Crippen molar-refractivity contribution in [2.45, 2.75) is 38.3 Å². The van der Waals surface area contributed by atoms with Gasteiger partial charge >= 0.3 is 6.03 Å². The standard InChI is InChI=1S/C20H25N3O2/c1-15-9-6-8-14-23(15)20(24)22-19(17-11-5-7-13-21-17)16-10-3-4-12-18(16)25-2/h3-5,7,10-13,15,19H,6,8-9,14H2,1-2H3,(H,22,24)/t15-,19-/m1/s1. The average Bonchev–Trinajstić information content (AvgIpc) is 2.67. The first-order valence-electron chi connectivity index (χ1n) is 8.81. The van der Waals surface area contributed by atoms with Crippen LogP contribution >= 0.6 is 0 Å². The molecule has 0 spiro atoms. The minimum atomic E-state index is -0.348. The molecule has 1 fully saturated rings. The number of methoxy groups -OCH3 is 1. The largest absolute Gasteiger partial charge is 0.496 e. The van der Waals surface area contributed by atoms with Gasteiger partial charge in [-0.3, -0.25) is 4.98 Å². The molecule has 1 aliphatic heterocycles. The molecule has 2 heterocycles. The van der Waals surface area contributed by atoms with Crippen molar-refractivity contribution >= 4 is 6.03 Å². The van der Waals surface area contributed by atoms with Crippen LogP contribution in [0.3, 0.4) is 0 Å². The van der Waals surface area contributed by atoms with Crippen LogP contribution in [0.5, 0.6) is 5.75 Å². The third-order valence-corrected chi connectivity index (χ3v) is 4.77. The highest BCUT2D eigenvalue weighted by Crippen LogP contribution is 2.29. The molecule has 3 rings (SSSR count). The Morgan fingerprint density at radius 2 is 2.04 bits per heavy atom. The van der Waals surface area contributed by atoms with Gasteiger partial charge in [0.2, 0.25) is 0 Å². The molecule has 132 valence electrons. The molecule has 0 bridgehead atoms. The molecule has 25 heavy (non-hydrogen) atoms. The molecule has 5 nitrogen and oxygen atoms in total. The van der Waals surface area contributed by atoms with Crippen LogP contribution in [0.25, 0.3) is 0 Å². The van der Waals surface area contributed by atoms with Crippen LogP contribution in [0, 0.1) is 0 Å². The van der Waals surface area contributed by atoms with E-state index < -0.39 is 0 Å². The van der Waals surface area contributed by atoms with Crippen molar-refractivity contribution in [2.24, 2.45) is 0 Å². The van der Waals surface area contributed by atoms with Crippen molar-refractivity contribution in [1.82, 2.24) is 15.2 Å². The van der Waals surface area contributed by atoms with Crippen LogP contribution < -0.4 is 10.1 Å². The van der Waals surface area contributed by atoms with E-state index in [0.717, 1.165) is 36.4 Å². The Balaban J connectivity index is 1.91. The fourth-order valence-electron chi connectivity index (χ4n) is 3.37. The van der Waals surface area contributed by atoms with Crippen LogP contribution in [0.4, 0.5) is 4.79 Å². The number of hydrogen-bond donors (Lipinski definition) is 1. The Morgan fingerprint density at radius 3 is 2.76 bits per heavy atom. The highest BCUT2D eigenvalue weighted by Gasteiger charge is 2.27. The van der Waals surface area contributed by atoms with Crippen molar-refractivity contribution in [3.8, 4) is 5.75 Å². The van der Waals surface area contributed by atoms with Gasteiger partial charge < -0.3 is 15.0 Å². The summed E-state index contributed by atoms with van der Waals surface area (Å²) in [6.45, 7) is 2.91. The van der Waals surface area contributed by atoms with Crippen molar-refractivity contribution in [3.05, 3.63) is 59.9 Å². The van der Waals surface area contributed by atoms with Crippen LogP contribution in [0.1, 0.15) is 43.5 Å². The number of piperidine rings is 1. The monoisotopic (exact) mass is 339 g/mol. The molecule has 0 radical (unpaired) electrons. The second-order valence-corrected chi connectivity index (χ2v) is 6.42. The predicted octanol–water partition coefficient (Wildman–Crippen LogP) is 3.76. The zero-order valence-electron chi connectivity index (χ0n) is 14.8. The molecule has 2 aromatic rings. The number of carbonyl (C=O) groups is 1. The van der Waals surface area contributed by atoms with Crippen LogP contribution in [-0.4, -0.2) is 35.6 Å². The van der Waals surface area contributed by atoms with Crippen LogP contribution in [0.15, 0.2) is 48.7 Å². The number of likely N-dealkylation sites (tertiary alicyclic amines) is 1. The summed E-state index contributed by atoms with van der Waals surface area (Å²) >= 11 is 0. The van der Waals surface area contributed by atoms with E-state index in [-0.39, 0.29) is 18.1 Å². The lowest BCUT2D eigenvalue weighted by molar-refractivity contribution is 0.156. The maximum absolute atomic E-state index is 12.9. The molecular weight excluding hydrogens is 314 g/mol. The van der Waals surface area contributed by atoms with Gasteiger partial charge in [0.25, 0.3) is 0 Å². The van der Waals surface area contributed by atoms with E-state index in [1.165, 1.54) is 6.42 Å². The van der Waals surface area contributed by atoms with Gasteiger partial charge in [0.15, 0.2) is 0 Å². The number of carbonyl (C=O) groups excluding carboxylic acids is 1. The van der Waals surface area contributed by atoms with Gasteiger partial charge in [0.1, 0.15) is 11.8 Å². The van der Waals surface area contributed by atoms with Crippen molar-refractivity contribution < 1.29 is 9.53 Å². The first kappa shape index (κ1) is 17.3. The second kappa shape index (κ2) is 8.01. The van der Waals surface area contributed by atoms with Gasteiger partial charge in [-0.2, -0.15) is 0 Å². The van der Waals surface area contributed by atoms with E-state index in [4.69, 9.17) is 4.74 Å². The fourth-order valence-corrected chi connectivity index (χ4v) is 3.37. The molecule has 0 saturated carbocycles. The molecule has 0 aliphatic carbocycles. The van der Waals surface area contributed by atoms with Crippen molar-refractivity contribution in [2.75, 3.05) is 13.7 Å². The van der Waals surface area contributed by atoms with Crippen LogP contribution in [-0.2, 0) is 0 Å². The second-order valence-electron chi connectivity index (χ2n) is 6.42. The summed E-state index contributed by atoms with van der Waals surface area (Å²) in [5.41, 5.74) is 1.70. The molecule has 1 aliphatic rings. The van der Waals surface area contributed by atoms with Gasteiger partial charge in [-0.25, -0.2) is 4.79 Å². The predicted molar refractivity (Wildman–Crippen MR) is 97.6 cm³/mol. The minimum Gasteiger partial charge on any atom is -0.496 e. The van der Waals surface area contributed by atoms with Crippen LogP contribution in [0.2, 0.25) is 0 Å². The number of hydrogen-bond acceptors (Lipinski definition) is 3. The number of benzene rings is 1. The molecule has 1 N–H and O–H groups in total. The number of urea groups is 1. The number of pyridine rings is 1. The fraction of sp³-hybridized carbons (Fsp3) is 0.400. The van der Waals surface area contributed by atoms with E-state index in [2.05, 4.69) is 17.2 Å². The highest BCUT2D eigenvalue weighted by molar-refractivity contribution is 5.76. The number of ether oxygens (including phenoxy) is 1. The Hall–Kier alpha value is -2.56. The van der Waals surface area contributed by atoms with Gasteiger partial charge in [-0.15, -0.1) is 0 Å². The zero-order valence-corrected chi connectivity index (χ0v) is 14.8. The molecule has 5 heteroatoms. The average molecular weight is 339 g/mol. The lowest BCUT2D eigenvalue weighted by Crippen LogP contribution is -2.48. The Labute approximate surface area is 149 Å². The van der Waals surface area contributed by atoms with E-state index in [1.54, 1.807) is 13.3 Å². The molecule has 2 amide bonds. The molecular formula is C20H25N3O2. The molecule has 1 saturated heterocycles. The maximum atomic E-state index is 12.9. The van der Waals surface area contributed by atoms with E-state index in [0.29, 0.717) is 0 Å². The van der Waals surface area contributed by atoms with Gasteiger partial charge in [-0.1, -0.05) is 24.3 Å². The summed E-state index contributed by atoms with van der Waals surface area (Å²) in [7, 11) is 1.64. The summed E-state index contributed by atoms with van der Waals surface area (Å²) in [6, 6.07) is 13.3. The molecule has 1 aromatic carbocycles. The normalized spacial score (nSPS) is 18.5. The number of para-hydroxylation sites is 1. The first-order valence-corrected chi connectivity index (χ1v) is 8.81. The quantitative estimate of drug-likeness (QED) is 0.923. The SMILES string of the molecule is COc1ccccc1[C@@H](NC(=O)N1CCCC[C@H]1C)c1ccccn1. The molecule has 1 aromatic heterocycles. The van der Waals surface area contributed by atoms with Gasteiger partial charge in [0, 0.05) is 24.3 Å². The summed E-state index contributed by atoms with van der Waals surface area (Å²) < 4.78 is 5.50. The van der Waals surface area contributed by atoms with E-state index in [1.807, 2.05) is 47.4 Å². The van der Waals surface area contributed by atoms with E-state index in [9.17, 15) is 4.79 Å². The number of amides is 2. The summed E-state index contributed by atoms with van der Waals surface area (Å²) in [5, 5.41) is 3.17. The minimum absolute atomic E-state index is 0.0474. The topological polar surface area (TPSA) is 54.5 Å². The molecule has 2 atom stereocenters. The lowest BCUT2D eigenvalue weighted by Gasteiger charge is -2.34. The Kier molecular flexibility index (Phi) is 5.53. The maximum Gasteiger partial charge on any atom is 0.318 e. The van der Waals surface area contributed by atoms with Gasteiger partial charge in [0.05, 0.1) is 12.8 Å². The smallest absolute Gasteiger partial charge is 0.318 e. The number of rotatable bonds is 4. The summed E-state index contributed by atoms with van der Waals surface area (Å²) in [4.78, 5) is 19.3. The number of aromatic nitrogens is 1. The third kappa shape index (κ3) is 3.92.